The van der Waals surface area contributed by atoms with E-state index >= 15 is 0 Å². The third kappa shape index (κ3) is 3.17. The largest absolute Gasteiger partial charge is 0.495 e. The third-order valence-electron chi connectivity index (χ3n) is 6.07. The number of para-hydroxylation sites is 1. The lowest BCUT2D eigenvalue weighted by Crippen LogP contribution is -1.92. The highest BCUT2D eigenvalue weighted by molar-refractivity contribution is 5.96. The molecule has 1 aliphatic heterocycles. The molecule has 35 heavy (non-hydrogen) atoms. The number of nitrogens with one attached hydrogen (secondary N) is 2. The van der Waals surface area contributed by atoms with Crippen LogP contribution >= 0.6 is 0 Å². The molecule has 0 bridgehead atoms. The monoisotopic (exact) mass is 462 g/mol. The molecule has 7 rings (SSSR count). The number of aromatic nitrogens is 6. The van der Waals surface area contributed by atoms with Gasteiger partial charge < -0.3 is 19.2 Å². The van der Waals surface area contributed by atoms with Gasteiger partial charge in [-0.1, -0.05) is 18.2 Å². The van der Waals surface area contributed by atoms with Crippen LogP contribution in [0.1, 0.15) is 0 Å². The fourth-order valence-corrected chi connectivity index (χ4v) is 4.34. The smallest absolute Gasteiger partial charge is 0.231 e. The van der Waals surface area contributed by atoms with Gasteiger partial charge in [-0.3, -0.25) is 10.1 Å². The average Bonchev–Trinajstić information content (AvgIpc) is 3.65. The molecule has 2 N–H and O–H groups in total. The maximum absolute atomic E-state index is 5.56. The van der Waals surface area contributed by atoms with Gasteiger partial charge in [-0.15, -0.1) is 0 Å². The maximum atomic E-state index is 5.56. The number of H-pyrrole nitrogens is 2. The van der Waals surface area contributed by atoms with E-state index in [2.05, 4.69) is 20.2 Å². The number of imidazole rings is 1. The van der Waals surface area contributed by atoms with Crippen molar-refractivity contribution < 1.29 is 14.2 Å². The normalized spacial score (nSPS) is 12.5. The topological polar surface area (TPSA) is 111 Å². The van der Waals surface area contributed by atoms with Gasteiger partial charge in [0.05, 0.1) is 35.6 Å². The van der Waals surface area contributed by atoms with Crippen molar-refractivity contribution in [3.8, 4) is 51.2 Å². The highest BCUT2D eigenvalue weighted by Crippen LogP contribution is 2.38. The predicted molar refractivity (Wildman–Crippen MR) is 130 cm³/mol. The van der Waals surface area contributed by atoms with Gasteiger partial charge in [0, 0.05) is 17.3 Å². The first kappa shape index (κ1) is 19.5. The Morgan fingerprint density at radius 1 is 0.857 bits per heavy atom. The van der Waals surface area contributed by atoms with Crippen LogP contribution in [-0.2, 0) is 0 Å². The van der Waals surface area contributed by atoms with Crippen LogP contribution in [0.4, 0.5) is 0 Å². The van der Waals surface area contributed by atoms with Crippen LogP contribution in [0.15, 0.2) is 67.0 Å². The van der Waals surface area contributed by atoms with Crippen molar-refractivity contribution in [2.45, 2.75) is 0 Å². The van der Waals surface area contributed by atoms with Crippen molar-refractivity contribution in [3.63, 3.8) is 0 Å². The van der Waals surface area contributed by atoms with Gasteiger partial charge in [0.2, 0.25) is 6.79 Å². The summed E-state index contributed by atoms with van der Waals surface area (Å²) in [5.74, 6) is 2.79. The van der Waals surface area contributed by atoms with E-state index in [1.807, 2.05) is 54.6 Å². The molecule has 0 fully saturated rings. The van der Waals surface area contributed by atoms with E-state index in [9.17, 15) is 0 Å². The number of fused-ring (bicyclic) bond motifs is 3. The molecule has 0 saturated carbocycles. The third-order valence-corrected chi connectivity index (χ3v) is 6.07. The van der Waals surface area contributed by atoms with E-state index < -0.39 is 0 Å². The lowest BCUT2D eigenvalue weighted by atomic mass is 10.0. The molecule has 0 unspecified atom stereocenters. The van der Waals surface area contributed by atoms with Crippen LogP contribution in [0.3, 0.4) is 0 Å². The first-order chi connectivity index (χ1) is 17.3. The van der Waals surface area contributed by atoms with Gasteiger partial charge in [0.1, 0.15) is 11.3 Å². The van der Waals surface area contributed by atoms with Gasteiger partial charge in [0.15, 0.2) is 23.0 Å². The summed E-state index contributed by atoms with van der Waals surface area (Å²) in [6, 6.07) is 17.7. The standard InChI is InChI=1S/C26H18N6O3/c1-33-16-9-15(11-27-12-16)18-6-7-20-24(28-18)25(32-31-20)26-29-19-4-2-3-17(23(19)30-26)14-5-8-21-22(10-14)35-13-34-21/h2-12H,13H2,1H3,(H,29,30)(H,31,32). The number of methoxy groups -OCH3 is 1. The lowest BCUT2D eigenvalue weighted by Gasteiger charge is -2.04. The molecule has 9 heteroatoms. The summed E-state index contributed by atoms with van der Waals surface area (Å²) in [6.45, 7) is 0.239. The van der Waals surface area contributed by atoms with E-state index in [-0.39, 0.29) is 6.79 Å². The van der Waals surface area contributed by atoms with Crippen molar-refractivity contribution >= 4 is 22.1 Å². The minimum Gasteiger partial charge on any atom is -0.495 e. The zero-order valence-electron chi connectivity index (χ0n) is 18.6. The van der Waals surface area contributed by atoms with E-state index in [0.29, 0.717) is 22.8 Å². The Labute approximate surface area is 198 Å². The van der Waals surface area contributed by atoms with Gasteiger partial charge in [-0.05, 0) is 42.0 Å². The second kappa shape index (κ2) is 7.56. The van der Waals surface area contributed by atoms with Gasteiger partial charge in [-0.25, -0.2) is 9.97 Å². The van der Waals surface area contributed by atoms with Gasteiger partial charge in [0.25, 0.3) is 0 Å². The molecule has 6 aromatic rings. The fraction of sp³-hybridized carbons (Fsp3) is 0.0769. The van der Waals surface area contributed by atoms with Gasteiger partial charge in [-0.2, -0.15) is 5.10 Å². The molecule has 0 amide bonds. The van der Waals surface area contributed by atoms with E-state index in [1.165, 1.54) is 0 Å². The van der Waals surface area contributed by atoms with Crippen molar-refractivity contribution in [1.82, 2.24) is 30.1 Å². The van der Waals surface area contributed by atoms with Crippen molar-refractivity contribution in [2.24, 2.45) is 0 Å². The lowest BCUT2D eigenvalue weighted by molar-refractivity contribution is 0.174. The second-order valence-electron chi connectivity index (χ2n) is 8.13. The second-order valence-corrected chi connectivity index (χ2v) is 8.13. The van der Waals surface area contributed by atoms with E-state index in [1.54, 1.807) is 19.5 Å². The number of benzene rings is 2. The zero-order valence-corrected chi connectivity index (χ0v) is 18.6. The van der Waals surface area contributed by atoms with Gasteiger partial charge >= 0.3 is 0 Å². The number of hydrogen-bond acceptors (Lipinski definition) is 7. The molecule has 0 aliphatic carbocycles. The van der Waals surface area contributed by atoms with Crippen LogP contribution in [0.2, 0.25) is 0 Å². The number of ether oxygens (including phenoxy) is 3. The van der Waals surface area contributed by atoms with Crippen LogP contribution in [0, 0.1) is 0 Å². The number of hydrogen-bond donors (Lipinski definition) is 2. The Bertz CT molecular complexity index is 1740. The summed E-state index contributed by atoms with van der Waals surface area (Å²) in [5.41, 5.74) is 7.52. The number of nitrogens with zero attached hydrogens (tertiary/aromatic N) is 4. The summed E-state index contributed by atoms with van der Waals surface area (Å²) in [6.07, 6.45) is 3.42. The predicted octanol–water partition coefficient (Wildman–Crippen LogP) is 4.97. The number of rotatable bonds is 4. The molecule has 2 aromatic carbocycles. The summed E-state index contributed by atoms with van der Waals surface area (Å²) in [4.78, 5) is 17.4. The van der Waals surface area contributed by atoms with Crippen molar-refractivity contribution in [2.75, 3.05) is 13.9 Å². The van der Waals surface area contributed by atoms with Crippen molar-refractivity contribution in [1.29, 1.82) is 0 Å². The molecule has 0 spiro atoms. The summed E-state index contributed by atoms with van der Waals surface area (Å²) in [5, 5.41) is 7.58. The maximum Gasteiger partial charge on any atom is 0.231 e. The van der Waals surface area contributed by atoms with Crippen LogP contribution < -0.4 is 14.2 Å². The molecule has 1 aliphatic rings. The molecular formula is C26H18N6O3. The molecule has 0 radical (unpaired) electrons. The molecule has 4 aromatic heterocycles. The Morgan fingerprint density at radius 2 is 1.80 bits per heavy atom. The molecule has 170 valence electrons. The SMILES string of the molecule is COc1cncc(-c2ccc3[nH]nc(-c4nc5c(-c6ccc7c(c6)OCO7)cccc5[nH]4)c3n2)c1. The molecule has 5 heterocycles. The van der Waals surface area contributed by atoms with E-state index in [4.69, 9.17) is 24.2 Å². The molecule has 0 atom stereocenters. The minimum absolute atomic E-state index is 0.239. The highest BCUT2D eigenvalue weighted by Gasteiger charge is 2.19. The van der Waals surface area contributed by atoms with Crippen LogP contribution in [0.5, 0.6) is 17.2 Å². The average molecular weight is 462 g/mol. The fourth-order valence-electron chi connectivity index (χ4n) is 4.34. The Morgan fingerprint density at radius 3 is 2.74 bits per heavy atom. The van der Waals surface area contributed by atoms with Crippen molar-refractivity contribution in [3.05, 3.63) is 67.0 Å². The minimum atomic E-state index is 0.239. The number of aromatic amines is 2. The summed E-state index contributed by atoms with van der Waals surface area (Å²) < 4.78 is 16.3. The zero-order chi connectivity index (χ0) is 23.4. The molecular weight excluding hydrogens is 444 g/mol. The Balaban J connectivity index is 1.35. The van der Waals surface area contributed by atoms with Crippen LogP contribution in [-0.4, -0.2) is 44.0 Å². The quantitative estimate of drug-likeness (QED) is 0.381. The van der Waals surface area contributed by atoms with E-state index in [0.717, 1.165) is 50.4 Å². The highest BCUT2D eigenvalue weighted by atomic mass is 16.7. The Kier molecular flexibility index (Phi) is 4.22. The van der Waals surface area contributed by atoms with Crippen LogP contribution in [0.25, 0.3) is 56.0 Å². The first-order valence-corrected chi connectivity index (χ1v) is 11.0. The first-order valence-electron chi connectivity index (χ1n) is 11.0. The summed E-state index contributed by atoms with van der Waals surface area (Å²) in [7, 11) is 1.62. The Hall–Kier alpha value is -4.92. The molecule has 0 saturated heterocycles. The molecule has 9 nitrogen and oxygen atoms in total. The number of pyridine rings is 2. The summed E-state index contributed by atoms with van der Waals surface area (Å²) >= 11 is 0.